The van der Waals surface area contributed by atoms with Gasteiger partial charge in [0.1, 0.15) is 16.6 Å². The standard InChI is InChI=1S/C17H19NO4S2/c1-3-4-9-22-15(19)11-18-16(20)14(24-17(18)23)10-12-5-7-13(21-2)8-6-12/h5-8,10H,3-4,9,11H2,1-2H3/b14-10+. The van der Waals surface area contributed by atoms with Crippen LogP contribution >= 0.6 is 24.0 Å². The van der Waals surface area contributed by atoms with Crippen molar-refractivity contribution in [2.75, 3.05) is 20.3 Å². The summed E-state index contributed by atoms with van der Waals surface area (Å²) < 4.78 is 10.6. The number of nitrogens with zero attached hydrogens (tertiary/aromatic N) is 1. The number of carbonyl (C=O) groups is 2. The van der Waals surface area contributed by atoms with E-state index in [1.165, 1.54) is 16.7 Å². The number of thiocarbonyl (C=S) groups is 1. The molecule has 1 amide bonds. The van der Waals surface area contributed by atoms with Crippen LogP contribution in [0, 0.1) is 0 Å². The number of carbonyl (C=O) groups excluding carboxylic acids is 2. The average Bonchev–Trinajstić information content (AvgIpc) is 2.83. The van der Waals surface area contributed by atoms with E-state index in [9.17, 15) is 9.59 Å². The van der Waals surface area contributed by atoms with Gasteiger partial charge in [0.2, 0.25) is 0 Å². The first kappa shape index (κ1) is 18.5. The lowest BCUT2D eigenvalue weighted by atomic mass is 10.2. The molecule has 1 fully saturated rings. The highest BCUT2D eigenvalue weighted by Crippen LogP contribution is 2.32. The minimum absolute atomic E-state index is 0.145. The maximum atomic E-state index is 12.4. The second-order valence-corrected chi connectivity index (χ2v) is 6.79. The van der Waals surface area contributed by atoms with Gasteiger partial charge in [-0.15, -0.1) is 0 Å². The van der Waals surface area contributed by atoms with Crippen molar-refractivity contribution in [2.45, 2.75) is 19.8 Å². The van der Waals surface area contributed by atoms with Gasteiger partial charge < -0.3 is 9.47 Å². The highest BCUT2D eigenvalue weighted by atomic mass is 32.2. The zero-order valence-electron chi connectivity index (χ0n) is 13.6. The molecule has 128 valence electrons. The minimum atomic E-state index is -0.439. The number of hydrogen-bond donors (Lipinski definition) is 0. The van der Waals surface area contributed by atoms with Crippen molar-refractivity contribution in [1.29, 1.82) is 0 Å². The summed E-state index contributed by atoms with van der Waals surface area (Å²) in [5.41, 5.74) is 0.863. The number of hydrogen-bond acceptors (Lipinski definition) is 6. The van der Waals surface area contributed by atoms with Gasteiger partial charge >= 0.3 is 5.97 Å². The van der Waals surface area contributed by atoms with Gasteiger partial charge in [0.05, 0.1) is 18.6 Å². The Bertz CT molecular complexity index is 655. The highest BCUT2D eigenvalue weighted by Gasteiger charge is 2.33. The fourth-order valence-electron chi connectivity index (χ4n) is 1.99. The van der Waals surface area contributed by atoms with Gasteiger partial charge in [-0.2, -0.15) is 0 Å². The number of methoxy groups -OCH3 is 1. The second kappa shape index (κ2) is 8.84. The Hall–Kier alpha value is -1.86. The van der Waals surface area contributed by atoms with Crippen molar-refractivity contribution < 1.29 is 19.1 Å². The van der Waals surface area contributed by atoms with E-state index in [1.807, 2.05) is 31.2 Å². The molecule has 1 aromatic carbocycles. The fourth-order valence-corrected chi connectivity index (χ4v) is 3.25. The van der Waals surface area contributed by atoms with Crippen LogP contribution in [-0.2, 0) is 14.3 Å². The Kier molecular flexibility index (Phi) is 6.81. The zero-order chi connectivity index (χ0) is 17.5. The summed E-state index contributed by atoms with van der Waals surface area (Å²) in [6.45, 7) is 2.24. The van der Waals surface area contributed by atoms with Crippen LogP contribution in [0.15, 0.2) is 29.2 Å². The molecule has 1 aliphatic rings. The molecule has 0 bridgehead atoms. The summed E-state index contributed by atoms with van der Waals surface area (Å²) in [5.74, 6) is 0.0354. The molecule has 0 radical (unpaired) electrons. The average molecular weight is 365 g/mol. The quantitative estimate of drug-likeness (QED) is 0.320. The minimum Gasteiger partial charge on any atom is -0.497 e. The first-order valence-electron chi connectivity index (χ1n) is 7.60. The van der Waals surface area contributed by atoms with E-state index in [0.29, 0.717) is 15.8 Å². The van der Waals surface area contributed by atoms with Gasteiger partial charge in [-0.1, -0.05) is 49.5 Å². The Labute approximate surface area is 151 Å². The molecule has 0 saturated carbocycles. The lowest BCUT2D eigenvalue weighted by molar-refractivity contribution is -0.146. The molecule has 0 aromatic heterocycles. The summed E-state index contributed by atoms with van der Waals surface area (Å²) in [5, 5.41) is 0. The molecule has 0 spiro atoms. The van der Waals surface area contributed by atoms with Crippen LogP contribution in [-0.4, -0.2) is 41.4 Å². The summed E-state index contributed by atoms with van der Waals surface area (Å²) >= 11 is 6.39. The molecule has 1 aromatic rings. The third kappa shape index (κ3) is 4.82. The molecule has 1 aliphatic heterocycles. The number of ether oxygens (including phenoxy) is 2. The van der Waals surface area contributed by atoms with Gasteiger partial charge in [-0.25, -0.2) is 0 Å². The lowest BCUT2D eigenvalue weighted by Crippen LogP contribution is -2.34. The molecule has 1 heterocycles. The van der Waals surface area contributed by atoms with E-state index in [1.54, 1.807) is 13.2 Å². The van der Waals surface area contributed by atoms with E-state index >= 15 is 0 Å². The third-order valence-electron chi connectivity index (χ3n) is 3.34. The third-order valence-corrected chi connectivity index (χ3v) is 4.71. The summed E-state index contributed by atoms with van der Waals surface area (Å²) in [6.07, 6.45) is 3.50. The molecule has 0 atom stereocenters. The first-order chi connectivity index (χ1) is 11.5. The van der Waals surface area contributed by atoms with E-state index in [0.717, 1.165) is 24.2 Å². The fraction of sp³-hybridized carbons (Fsp3) is 0.353. The molecule has 0 N–H and O–H groups in total. The topological polar surface area (TPSA) is 55.8 Å². The molecule has 0 aliphatic carbocycles. The number of unbranched alkanes of at least 4 members (excludes halogenated alkanes) is 1. The van der Waals surface area contributed by atoms with Crippen LogP contribution in [0.5, 0.6) is 5.75 Å². The predicted octanol–water partition coefficient (Wildman–Crippen LogP) is 3.24. The Morgan fingerprint density at radius 3 is 2.67 bits per heavy atom. The van der Waals surface area contributed by atoms with Crippen LogP contribution in [0.2, 0.25) is 0 Å². The Morgan fingerprint density at radius 1 is 1.33 bits per heavy atom. The van der Waals surface area contributed by atoms with E-state index in [-0.39, 0.29) is 12.5 Å². The molecule has 0 unspecified atom stereocenters. The molecular formula is C17H19NO4S2. The van der Waals surface area contributed by atoms with Crippen molar-refractivity contribution in [3.05, 3.63) is 34.7 Å². The van der Waals surface area contributed by atoms with Crippen LogP contribution in [0.3, 0.4) is 0 Å². The largest absolute Gasteiger partial charge is 0.497 e. The highest BCUT2D eigenvalue weighted by molar-refractivity contribution is 8.26. The number of rotatable bonds is 7. The maximum Gasteiger partial charge on any atom is 0.326 e. The normalized spacial score (nSPS) is 15.9. The number of esters is 1. The van der Waals surface area contributed by atoms with Gasteiger partial charge in [-0.05, 0) is 30.2 Å². The van der Waals surface area contributed by atoms with Gasteiger partial charge in [0.25, 0.3) is 5.91 Å². The van der Waals surface area contributed by atoms with Gasteiger partial charge in [0, 0.05) is 0 Å². The van der Waals surface area contributed by atoms with Crippen molar-refractivity contribution in [1.82, 2.24) is 4.90 Å². The molecule has 2 rings (SSSR count). The smallest absolute Gasteiger partial charge is 0.326 e. The monoisotopic (exact) mass is 365 g/mol. The summed E-state index contributed by atoms with van der Waals surface area (Å²) in [7, 11) is 1.60. The summed E-state index contributed by atoms with van der Waals surface area (Å²) in [4.78, 5) is 26.0. The number of benzene rings is 1. The van der Waals surface area contributed by atoms with E-state index in [4.69, 9.17) is 21.7 Å². The number of thioether (sulfide) groups is 1. The van der Waals surface area contributed by atoms with Crippen LogP contribution in [0.1, 0.15) is 25.3 Å². The van der Waals surface area contributed by atoms with Gasteiger partial charge in [0.15, 0.2) is 0 Å². The van der Waals surface area contributed by atoms with Gasteiger partial charge in [-0.3, -0.25) is 14.5 Å². The Balaban J connectivity index is 2.02. The maximum absolute atomic E-state index is 12.4. The molecule has 24 heavy (non-hydrogen) atoms. The van der Waals surface area contributed by atoms with E-state index < -0.39 is 5.97 Å². The Morgan fingerprint density at radius 2 is 2.04 bits per heavy atom. The molecule has 1 saturated heterocycles. The molecular weight excluding hydrogens is 346 g/mol. The van der Waals surface area contributed by atoms with Crippen molar-refractivity contribution in [3.63, 3.8) is 0 Å². The van der Waals surface area contributed by atoms with Crippen molar-refractivity contribution in [2.24, 2.45) is 0 Å². The predicted molar refractivity (Wildman–Crippen MR) is 98.7 cm³/mol. The van der Waals surface area contributed by atoms with Crippen molar-refractivity contribution in [3.8, 4) is 5.75 Å². The lowest BCUT2D eigenvalue weighted by Gasteiger charge is -2.13. The first-order valence-corrected chi connectivity index (χ1v) is 8.82. The molecule has 5 nitrogen and oxygen atoms in total. The zero-order valence-corrected chi connectivity index (χ0v) is 15.2. The second-order valence-electron chi connectivity index (χ2n) is 5.12. The van der Waals surface area contributed by atoms with Crippen LogP contribution in [0.25, 0.3) is 6.08 Å². The van der Waals surface area contributed by atoms with E-state index in [2.05, 4.69) is 0 Å². The number of amides is 1. The van der Waals surface area contributed by atoms with Crippen molar-refractivity contribution >= 4 is 46.3 Å². The molecule has 7 heteroatoms. The van der Waals surface area contributed by atoms with Crippen LogP contribution < -0.4 is 4.74 Å². The SMILES string of the molecule is CCCCOC(=O)CN1C(=O)/C(=C\c2ccc(OC)cc2)SC1=S. The van der Waals surface area contributed by atoms with Crippen LogP contribution in [0.4, 0.5) is 0 Å². The summed E-state index contributed by atoms with van der Waals surface area (Å²) in [6, 6.07) is 7.34.